The van der Waals surface area contributed by atoms with Crippen LogP contribution in [-0.2, 0) is 6.54 Å². The molecule has 1 unspecified atom stereocenters. The molecule has 0 bridgehead atoms. The Morgan fingerprint density at radius 1 is 1.44 bits per heavy atom. The SMILES string of the molecule is NCc1csc(C(c2ccc[nH]2)N2CCCC2)n1. The first-order valence-corrected chi connectivity index (χ1v) is 7.28. The number of thiazole rings is 1. The van der Waals surface area contributed by atoms with E-state index in [1.54, 1.807) is 11.3 Å². The van der Waals surface area contributed by atoms with Crippen LogP contribution in [0.1, 0.15) is 35.3 Å². The normalized spacial score (nSPS) is 18.3. The molecule has 0 amide bonds. The van der Waals surface area contributed by atoms with Crippen molar-refractivity contribution in [3.63, 3.8) is 0 Å². The largest absolute Gasteiger partial charge is 0.363 e. The standard InChI is InChI=1S/C13H18N4S/c14-8-10-9-18-13(16-10)12(11-4-3-5-15-11)17-6-1-2-7-17/h3-5,9,12,15H,1-2,6-8,14H2. The van der Waals surface area contributed by atoms with E-state index in [-0.39, 0.29) is 6.04 Å². The fourth-order valence-corrected chi connectivity index (χ4v) is 3.52. The van der Waals surface area contributed by atoms with Crippen molar-refractivity contribution < 1.29 is 0 Å². The average Bonchev–Trinajstić information content (AvgIpc) is 3.13. The Kier molecular flexibility index (Phi) is 3.45. The van der Waals surface area contributed by atoms with Gasteiger partial charge in [0.1, 0.15) is 11.0 Å². The third-order valence-corrected chi connectivity index (χ3v) is 4.38. The van der Waals surface area contributed by atoms with Crippen molar-refractivity contribution in [2.75, 3.05) is 13.1 Å². The van der Waals surface area contributed by atoms with Crippen LogP contribution >= 0.6 is 11.3 Å². The highest BCUT2D eigenvalue weighted by molar-refractivity contribution is 7.09. The summed E-state index contributed by atoms with van der Waals surface area (Å²) in [6, 6.07) is 4.47. The summed E-state index contributed by atoms with van der Waals surface area (Å²) in [5.41, 5.74) is 7.88. The van der Waals surface area contributed by atoms with Crippen molar-refractivity contribution >= 4 is 11.3 Å². The summed E-state index contributed by atoms with van der Waals surface area (Å²) in [6.45, 7) is 2.83. The molecule has 0 radical (unpaired) electrons. The van der Waals surface area contributed by atoms with Crippen LogP contribution in [-0.4, -0.2) is 28.0 Å². The molecule has 1 fully saturated rings. The highest BCUT2D eigenvalue weighted by Gasteiger charge is 2.27. The first kappa shape index (κ1) is 11.9. The van der Waals surface area contributed by atoms with Crippen molar-refractivity contribution in [1.82, 2.24) is 14.9 Å². The van der Waals surface area contributed by atoms with E-state index in [2.05, 4.69) is 32.4 Å². The summed E-state index contributed by atoms with van der Waals surface area (Å²) in [5, 5.41) is 3.22. The molecule has 96 valence electrons. The third kappa shape index (κ3) is 2.21. The van der Waals surface area contributed by atoms with E-state index in [4.69, 9.17) is 5.73 Å². The van der Waals surface area contributed by atoms with Gasteiger partial charge in [0, 0.05) is 23.8 Å². The van der Waals surface area contributed by atoms with Crippen molar-refractivity contribution in [2.45, 2.75) is 25.4 Å². The van der Waals surface area contributed by atoms with Gasteiger partial charge in [0.2, 0.25) is 0 Å². The molecule has 1 aliphatic heterocycles. The average molecular weight is 262 g/mol. The minimum atomic E-state index is 0.271. The molecular formula is C13H18N4S. The van der Waals surface area contributed by atoms with Crippen LogP contribution in [0.3, 0.4) is 0 Å². The summed E-state index contributed by atoms with van der Waals surface area (Å²) in [4.78, 5) is 10.5. The zero-order chi connectivity index (χ0) is 12.4. The Morgan fingerprint density at radius 3 is 2.89 bits per heavy atom. The van der Waals surface area contributed by atoms with E-state index < -0.39 is 0 Å². The van der Waals surface area contributed by atoms with Gasteiger partial charge in [-0.1, -0.05) is 0 Å². The van der Waals surface area contributed by atoms with Crippen LogP contribution in [0.2, 0.25) is 0 Å². The highest BCUT2D eigenvalue weighted by Crippen LogP contribution is 2.32. The zero-order valence-corrected chi connectivity index (χ0v) is 11.1. The van der Waals surface area contributed by atoms with Crippen LogP contribution in [0, 0.1) is 0 Å². The molecule has 0 aromatic carbocycles. The van der Waals surface area contributed by atoms with E-state index in [1.165, 1.54) is 18.5 Å². The molecule has 1 aliphatic rings. The second-order valence-electron chi connectivity index (χ2n) is 4.65. The minimum absolute atomic E-state index is 0.271. The fourth-order valence-electron chi connectivity index (χ4n) is 2.54. The smallest absolute Gasteiger partial charge is 0.116 e. The molecule has 4 nitrogen and oxygen atoms in total. The molecule has 0 saturated carbocycles. The second kappa shape index (κ2) is 5.22. The van der Waals surface area contributed by atoms with Crippen molar-refractivity contribution in [3.05, 3.63) is 40.1 Å². The van der Waals surface area contributed by atoms with Crippen LogP contribution in [0.15, 0.2) is 23.7 Å². The van der Waals surface area contributed by atoms with Gasteiger partial charge in [0.25, 0.3) is 0 Å². The highest BCUT2D eigenvalue weighted by atomic mass is 32.1. The second-order valence-corrected chi connectivity index (χ2v) is 5.54. The van der Waals surface area contributed by atoms with Gasteiger partial charge >= 0.3 is 0 Å². The lowest BCUT2D eigenvalue weighted by Gasteiger charge is -2.24. The van der Waals surface area contributed by atoms with Crippen LogP contribution in [0.25, 0.3) is 0 Å². The number of likely N-dealkylation sites (tertiary alicyclic amines) is 1. The van der Waals surface area contributed by atoms with Gasteiger partial charge < -0.3 is 10.7 Å². The molecular weight excluding hydrogens is 244 g/mol. The molecule has 3 heterocycles. The fraction of sp³-hybridized carbons (Fsp3) is 0.462. The predicted octanol–water partition coefficient (Wildman–Crippen LogP) is 2.12. The Bertz CT molecular complexity index is 485. The Balaban J connectivity index is 1.93. The number of aromatic amines is 1. The number of nitrogens with zero attached hydrogens (tertiary/aromatic N) is 2. The molecule has 2 aromatic heterocycles. The van der Waals surface area contributed by atoms with Gasteiger partial charge in [-0.3, -0.25) is 4.90 Å². The molecule has 0 aliphatic carbocycles. The van der Waals surface area contributed by atoms with E-state index in [1.807, 2.05) is 6.20 Å². The van der Waals surface area contributed by atoms with Gasteiger partial charge in [0.05, 0.1) is 5.69 Å². The Labute approximate surface area is 111 Å². The minimum Gasteiger partial charge on any atom is -0.363 e. The number of H-pyrrole nitrogens is 1. The lowest BCUT2D eigenvalue weighted by atomic mass is 10.2. The number of aromatic nitrogens is 2. The summed E-state index contributed by atoms with van der Waals surface area (Å²) in [5.74, 6) is 0. The number of nitrogens with one attached hydrogen (secondary N) is 1. The molecule has 3 N–H and O–H groups in total. The lowest BCUT2D eigenvalue weighted by Crippen LogP contribution is -2.26. The molecule has 0 spiro atoms. The topological polar surface area (TPSA) is 57.9 Å². The number of hydrogen-bond donors (Lipinski definition) is 2. The lowest BCUT2D eigenvalue weighted by molar-refractivity contribution is 0.276. The third-order valence-electron chi connectivity index (χ3n) is 3.43. The van der Waals surface area contributed by atoms with Crippen molar-refractivity contribution in [1.29, 1.82) is 0 Å². The monoisotopic (exact) mass is 262 g/mol. The summed E-state index contributed by atoms with van der Waals surface area (Å²) >= 11 is 1.71. The van der Waals surface area contributed by atoms with Crippen LogP contribution < -0.4 is 5.73 Å². The van der Waals surface area contributed by atoms with Gasteiger partial charge in [-0.05, 0) is 38.1 Å². The number of nitrogens with two attached hydrogens (primary N) is 1. The first-order valence-electron chi connectivity index (χ1n) is 6.40. The van der Waals surface area contributed by atoms with Crippen molar-refractivity contribution in [3.8, 4) is 0 Å². The quantitative estimate of drug-likeness (QED) is 0.887. The molecule has 1 saturated heterocycles. The molecule has 5 heteroatoms. The van der Waals surface area contributed by atoms with E-state index in [0.29, 0.717) is 6.54 Å². The van der Waals surface area contributed by atoms with E-state index >= 15 is 0 Å². The number of hydrogen-bond acceptors (Lipinski definition) is 4. The maximum absolute atomic E-state index is 5.66. The number of rotatable bonds is 4. The summed E-state index contributed by atoms with van der Waals surface area (Å²) < 4.78 is 0. The van der Waals surface area contributed by atoms with Gasteiger partial charge in [0.15, 0.2) is 0 Å². The van der Waals surface area contributed by atoms with Crippen LogP contribution in [0.5, 0.6) is 0 Å². The first-order chi connectivity index (χ1) is 8.88. The van der Waals surface area contributed by atoms with E-state index in [0.717, 1.165) is 23.8 Å². The molecule has 2 aromatic rings. The summed E-state index contributed by atoms with van der Waals surface area (Å²) in [6.07, 6.45) is 4.55. The Hall–Kier alpha value is -1.17. The molecule has 3 rings (SSSR count). The van der Waals surface area contributed by atoms with Crippen LogP contribution in [0.4, 0.5) is 0 Å². The molecule has 1 atom stereocenters. The zero-order valence-electron chi connectivity index (χ0n) is 10.3. The van der Waals surface area contributed by atoms with Gasteiger partial charge in [-0.15, -0.1) is 11.3 Å². The van der Waals surface area contributed by atoms with Gasteiger partial charge in [-0.25, -0.2) is 4.98 Å². The molecule has 18 heavy (non-hydrogen) atoms. The van der Waals surface area contributed by atoms with Gasteiger partial charge in [-0.2, -0.15) is 0 Å². The Morgan fingerprint density at radius 2 is 2.28 bits per heavy atom. The summed E-state index contributed by atoms with van der Waals surface area (Å²) in [7, 11) is 0. The van der Waals surface area contributed by atoms with E-state index in [9.17, 15) is 0 Å². The predicted molar refractivity (Wildman–Crippen MR) is 73.4 cm³/mol. The maximum Gasteiger partial charge on any atom is 0.116 e. The van der Waals surface area contributed by atoms with Crippen molar-refractivity contribution in [2.24, 2.45) is 5.73 Å². The maximum atomic E-state index is 5.66.